The van der Waals surface area contributed by atoms with Gasteiger partial charge in [-0.05, 0) is 38.1 Å². The lowest BCUT2D eigenvalue weighted by molar-refractivity contribution is -0.142. The van der Waals surface area contributed by atoms with Gasteiger partial charge in [0.25, 0.3) is 0 Å². The maximum Gasteiger partial charge on any atom is 0.240 e. The Hall–Kier alpha value is -1.14. The summed E-state index contributed by atoms with van der Waals surface area (Å²) in [7, 11) is 1.69. The van der Waals surface area contributed by atoms with Gasteiger partial charge in [-0.3, -0.25) is 14.5 Å². The van der Waals surface area contributed by atoms with Crippen molar-refractivity contribution in [3.05, 3.63) is 0 Å². The molecular weight excluding hydrogens is 270 g/mol. The summed E-state index contributed by atoms with van der Waals surface area (Å²) in [6.07, 6.45) is 4.08. The Balaban J connectivity index is 1.71. The molecule has 3 aliphatic rings. The number of nitrogens with zero attached hydrogens (tertiary/aromatic N) is 2. The Labute approximate surface area is 125 Å². The van der Waals surface area contributed by atoms with Gasteiger partial charge in [-0.2, -0.15) is 0 Å². The van der Waals surface area contributed by atoms with Crippen LogP contribution < -0.4 is 5.32 Å². The predicted molar refractivity (Wildman–Crippen MR) is 77.7 cm³/mol. The van der Waals surface area contributed by atoms with Crippen LogP contribution in [0.25, 0.3) is 0 Å². The zero-order valence-corrected chi connectivity index (χ0v) is 12.7. The molecule has 3 rings (SSSR count). The summed E-state index contributed by atoms with van der Waals surface area (Å²) in [6, 6.07) is -0.238. The van der Waals surface area contributed by atoms with Gasteiger partial charge in [0, 0.05) is 20.1 Å². The molecule has 0 aromatic rings. The van der Waals surface area contributed by atoms with Crippen molar-refractivity contribution in [2.24, 2.45) is 5.92 Å². The van der Waals surface area contributed by atoms with E-state index in [2.05, 4.69) is 10.2 Å². The van der Waals surface area contributed by atoms with Crippen molar-refractivity contribution in [2.75, 3.05) is 39.9 Å². The Morgan fingerprint density at radius 1 is 1.14 bits per heavy atom. The summed E-state index contributed by atoms with van der Waals surface area (Å²) in [5.41, 5.74) is 0. The van der Waals surface area contributed by atoms with Gasteiger partial charge in [-0.15, -0.1) is 0 Å². The van der Waals surface area contributed by atoms with E-state index < -0.39 is 0 Å². The van der Waals surface area contributed by atoms with Crippen LogP contribution in [0.3, 0.4) is 0 Å². The summed E-state index contributed by atoms with van der Waals surface area (Å²) in [6.45, 7) is 3.46. The molecule has 2 heterocycles. The van der Waals surface area contributed by atoms with Gasteiger partial charge in [-0.25, -0.2) is 0 Å². The van der Waals surface area contributed by atoms with Gasteiger partial charge in [0.05, 0.1) is 25.3 Å². The van der Waals surface area contributed by atoms with Crippen molar-refractivity contribution in [3.8, 4) is 0 Å². The zero-order chi connectivity index (χ0) is 14.8. The topological polar surface area (TPSA) is 61.9 Å². The molecule has 6 nitrogen and oxygen atoms in total. The van der Waals surface area contributed by atoms with Crippen LogP contribution in [-0.2, 0) is 14.3 Å². The van der Waals surface area contributed by atoms with Gasteiger partial charge in [0.1, 0.15) is 0 Å². The molecule has 0 spiro atoms. The number of amides is 2. The van der Waals surface area contributed by atoms with Crippen LogP contribution in [0.5, 0.6) is 0 Å². The average molecular weight is 295 g/mol. The molecular formula is C15H25N3O3. The maximum atomic E-state index is 12.8. The Kier molecular flexibility index (Phi) is 4.45. The first kappa shape index (κ1) is 14.8. The molecule has 6 heteroatoms. The summed E-state index contributed by atoms with van der Waals surface area (Å²) in [5.74, 6) is 0.688. The first-order valence-corrected chi connectivity index (χ1v) is 8.06. The van der Waals surface area contributed by atoms with Crippen molar-refractivity contribution in [2.45, 2.75) is 37.8 Å². The van der Waals surface area contributed by atoms with Crippen molar-refractivity contribution in [3.63, 3.8) is 0 Å². The van der Waals surface area contributed by atoms with Crippen LogP contribution >= 0.6 is 0 Å². The molecule has 0 radical (unpaired) electrons. The van der Waals surface area contributed by atoms with Gasteiger partial charge in [0.2, 0.25) is 11.8 Å². The Bertz CT molecular complexity index is 405. The molecule has 1 N–H and O–H groups in total. The highest BCUT2D eigenvalue weighted by Gasteiger charge is 2.46. The van der Waals surface area contributed by atoms with Gasteiger partial charge < -0.3 is 15.0 Å². The van der Waals surface area contributed by atoms with Crippen LogP contribution in [0, 0.1) is 5.92 Å². The molecule has 1 aliphatic carbocycles. The highest BCUT2D eigenvalue weighted by Crippen LogP contribution is 2.38. The predicted octanol–water partition coefficient (Wildman–Crippen LogP) is -0.166. The fourth-order valence-corrected chi connectivity index (χ4v) is 3.58. The fraction of sp³-hybridized carbons (Fsp3) is 0.867. The summed E-state index contributed by atoms with van der Waals surface area (Å²) < 4.78 is 5.32. The molecule has 2 unspecified atom stereocenters. The van der Waals surface area contributed by atoms with Crippen LogP contribution in [0.15, 0.2) is 0 Å². The number of likely N-dealkylation sites (tertiary alicyclic amines) is 1. The van der Waals surface area contributed by atoms with Crippen LogP contribution in [0.4, 0.5) is 0 Å². The van der Waals surface area contributed by atoms with Crippen LogP contribution in [0.2, 0.25) is 0 Å². The van der Waals surface area contributed by atoms with Crippen molar-refractivity contribution < 1.29 is 14.3 Å². The minimum atomic E-state index is -0.119. The van der Waals surface area contributed by atoms with E-state index in [1.165, 1.54) is 0 Å². The van der Waals surface area contributed by atoms with E-state index in [-0.39, 0.29) is 23.9 Å². The number of nitrogens with one attached hydrogen (secondary N) is 1. The van der Waals surface area contributed by atoms with E-state index in [1.54, 1.807) is 7.05 Å². The van der Waals surface area contributed by atoms with Crippen LogP contribution in [0.1, 0.15) is 25.7 Å². The van der Waals surface area contributed by atoms with Crippen molar-refractivity contribution in [1.82, 2.24) is 15.1 Å². The lowest BCUT2D eigenvalue weighted by atomic mass is 10.1. The standard InChI is InChI=1S/C15H25N3O3/c1-16-14(19)13(11-4-5-11)18-6-2-3-12(18)15(20)17-7-9-21-10-8-17/h11-13H,2-10H2,1H3,(H,16,19). The highest BCUT2D eigenvalue weighted by molar-refractivity contribution is 5.86. The van der Waals surface area contributed by atoms with Crippen molar-refractivity contribution >= 4 is 11.8 Å². The van der Waals surface area contributed by atoms with E-state index in [0.717, 1.165) is 32.2 Å². The molecule has 2 saturated heterocycles. The molecule has 21 heavy (non-hydrogen) atoms. The second-order valence-corrected chi connectivity index (χ2v) is 6.23. The third-order valence-corrected chi connectivity index (χ3v) is 4.84. The van der Waals surface area contributed by atoms with Gasteiger partial charge >= 0.3 is 0 Å². The second-order valence-electron chi connectivity index (χ2n) is 6.23. The molecule has 1 saturated carbocycles. The molecule has 3 fully saturated rings. The molecule has 2 amide bonds. The smallest absolute Gasteiger partial charge is 0.240 e. The van der Waals surface area contributed by atoms with Gasteiger partial charge in [0.15, 0.2) is 0 Å². The van der Waals surface area contributed by atoms with E-state index in [9.17, 15) is 9.59 Å². The molecule has 0 aromatic carbocycles. The SMILES string of the molecule is CNC(=O)C(C1CC1)N1CCCC1C(=O)N1CCOCC1. The van der Waals surface area contributed by atoms with E-state index in [0.29, 0.717) is 32.2 Å². The molecule has 2 atom stereocenters. The van der Waals surface area contributed by atoms with E-state index in [4.69, 9.17) is 4.74 Å². The lowest BCUT2D eigenvalue weighted by Crippen LogP contribution is -2.55. The minimum Gasteiger partial charge on any atom is -0.378 e. The normalized spacial score (nSPS) is 28.4. The quantitative estimate of drug-likeness (QED) is 0.782. The first-order chi connectivity index (χ1) is 10.2. The molecule has 2 aliphatic heterocycles. The minimum absolute atomic E-state index is 0.0687. The average Bonchev–Trinajstić information content (AvgIpc) is 3.24. The number of carbonyl (C=O) groups excluding carboxylic acids is 2. The molecule has 0 aromatic heterocycles. The number of hydrogen-bond acceptors (Lipinski definition) is 4. The third-order valence-electron chi connectivity index (χ3n) is 4.84. The third kappa shape index (κ3) is 3.06. The number of ether oxygens (including phenoxy) is 1. The molecule has 118 valence electrons. The first-order valence-electron chi connectivity index (χ1n) is 8.06. The monoisotopic (exact) mass is 295 g/mol. The Morgan fingerprint density at radius 2 is 1.86 bits per heavy atom. The van der Waals surface area contributed by atoms with E-state index in [1.807, 2.05) is 4.90 Å². The number of likely N-dealkylation sites (N-methyl/N-ethyl adjacent to an activating group) is 1. The number of rotatable bonds is 4. The number of morpholine rings is 1. The lowest BCUT2D eigenvalue weighted by Gasteiger charge is -2.35. The largest absolute Gasteiger partial charge is 0.378 e. The van der Waals surface area contributed by atoms with Crippen LogP contribution in [-0.4, -0.2) is 73.6 Å². The van der Waals surface area contributed by atoms with E-state index >= 15 is 0 Å². The van der Waals surface area contributed by atoms with Crippen molar-refractivity contribution in [1.29, 1.82) is 0 Å². The second kappa shape index (κ2) is 6.32. The zero-order valence-electron chi connectivity index (χ0n) is 12.7. The molecule has 0 bridgehead atoms. The summed E-state index contributed by atoms with van der Waals surface area (Å²) >= 11 is 0. The van der Waals surface area contributed by atoms with Gasteiger partial charge in [-0.1, -0.05) is 0 Å². The summed E-state index contributed by atoms with van der Waals surface area (Å²) in [5, 5.41) is 2.78. The Morgan fingerprint density at radius 3 is 2.48 bits per heavy atom. The maximum absolute atomic E-state index is 12.8. The number of carbonyl (C=O) groups is 2. The highest BCUT2D eigenvalue weighted by atomic mass is 16.5. The summed E-state index contributed by atoms with van der Waals surface area (Å²) in [4.78, 5) is 29.1. The number of hydrogen-bond donors (Lipinski definition) is 1. The fourth-order valence-electron chi connectivity index (χ4n) is 3.58.